The Morgan fingerprint density at radius 2 is 2.16 bits per heavy atom. The lowest BCUT2D eigenvalue weighted by Gasteiger charge is -2.21. The Balaban J connectivity index is 2.19. The van der Waals surface area contributed by atoms with Crippen LogP contribution in [-0.2, 0) is 11.2 Å². The van der Waals surface area contributed by atoms with Crippen molar-refractivity contribution in [2.75, 3.05) is 14.2 Å². The first kappa shape index (κ1) is 13.5. The van der Waals surface area contributed by atoms with Crippen LogP contribution in [-0.4, -0.2) is 32.4 Å². The number of rotatable bonds is 4. The minimum Gasteiger partial charge on any atom is -0.497 e. The summed E-state index contributed by atoms with van der Waals surface area (Å²) in [4.78, 5) is 15.7. The second-order valence-corrected chi connectivity index (χ2v) is 4.56. The normalized spacial score (nSPS) is 22.4. The van der Waals surface area contributed by atoms with Crippen molar-refractivity contribution < 1.29 is 14.3 Å². The molecule has 1 aliphatic heterocycles. The largest absolute Gasteiger partial charge is 0.497 e. The van der Waals surface area contributed by atoms with Crippen LogP contribution in [0.2, 0.25) is 0 Å². The summed E-state index contributed by atoms with van der Waals surface area (Å²) >= 11 is 0. The molecule has 102 valence electrons. The summed E-state index contributed by atoms with van der Waals surface area (Å²) in [5.74, 6) is 1.35. The van der Waals surface area contributed by atoms with Gasteiger partial charge in [-0.1, -0.05) is 6.07 Å². The van der Waals surface area contributed by atoms with E-state index in [4.69, 9.17) is 15.2 Å². The van der Waals surface area contributed by atoms with Crippen LogP contribution in [0.4, 0.5) is 0 Å². The number of nitrogens with two attached hydrogens (primary N) is 1. The van der Waals surface area contributed by atoms with Crippen molar-refractivity contribution in [2.45, 2.75) is 19.0 Å². The van der Waals surface area contributed by atoms with Gasteiger partial charge in [0.15, 0.2) is 5.78 Å². The Labute approximate surface area is 112 Å². The summed E-state index contributed by atoms with van der Waals surface area (Å²) in [6, 6.07) is 5.60. The third-order valence-electron chi connectivity index (χ3n) is 3.28. The highest BCUT2D eigenvalue weighted by Gasteiger charge is 2.25. The lowest BCUT2D eigenvalue weighted by Crippen LogP contribution is -2.33. The van der Waals surface area contributed by atoms with Crippen LogP contribution in [0.15, 0.2) is 23.2 Å². The Morgan fingerprint density at radius 1 is 1.37 bits per heavy atom. The summed E-state index contributed by atoms with van der Waals surface area (Å²) in [6.45, 7) is 0. The predicted molar refractivity (Wildman–Crippen MR) is 72.8 cm³/mol. The molecule has 2 atom stereocenters. The van der Waals surface area contributed by atoms with Crippen molar-refractivity contribution in [3.05, 3.63) is 23.8 Å². The van der Waals surface area contributed by atoms with Gasteiger partial charge in [-0.15, -0.1) is 0 Å². The van der Waals surface area contributed by atoms with Crippen LogP contribution in [0.1, 0.15) is 12.0 Å². The van der Waals surface area contributed by atoms with Crippen LogP contribution >= 0.6 is 0 Å². The van der Waals surface area contributed by atoms with Crippen LogP contribution in [0.3, 0.4) is 0 Å². The van der Waals surface area contributed by atoms with E-state index < -0.39 is 0 Å². The first-order valence-electron chi connectivity index (χ1n) is 6.17. The summed E-state index contributed by atoms with van der Waals surface area (Å²) < 4.78 is 10.5. The molecule has 1 aromatic rings. The molecule has 0 fully saturated rings. The van der Waals surface area contributed by atoms with Gasteiger partial charge in [0, 0.05) is 12.0 Å². The molecule has 0 bridgehead atoms. The highest BCUT2D eigenvalue weighted by molar-refractivity contribution is 6.29. The van der Waals surface area contributed by atoms with Gasteiger partial charge in [0.1, 0.15) is 11.5 Å². The first-order valence-corrected chi connectivity index (χ1v) is 6.17. The molecular weight excluding hydrogens is 244 g/mol. The number of Topliss-reactive ketones (excluding diaryl/α,β-unsaturated/α-hetero) is 1. The average Bonchev–Trinajstić information content (AvgIpc) is 2.43. The van der Waals surface area contributed by atoms with Gasteiger partial charge in [-0.05, 0) is 24.5 Å². The highest BCUT2D eigenvalue weighted by atomic mass is 16.5. The van der Waals surface area contributed by atoms with E-state index in [9.17, 15) is 4.79 Å². The number of aliphatic imine (C=N–C) groups is 1. The maximum atomic E-state index is 11.8. The number of nitrogens with zero attached hydrogens (tertiary/aromatic N) is 1. The molecule has 5 heteroatoms. The van der Waals surface area contributed by atoms with Gasteiger partial charge in [-0.2, -0.15) is 0 Å². The molecule has 0 aromatic heterocycles. The van der Waals surface area contributed by atoms with Crippen molar-refractivity contribution in [1.29, 1.82) is 0 Å². The quantitative estimate of drug-likeness (QED) is 0.884. The van der Waals surface area contributed by atoms with E-state index >= 15 is 0 Å². The molecule has 2 N–H and O–H groups in total. The van der Waals surface area contributed by atoms with Gasteiger partial charge in [-0.3, -0.25) is 9.79 Å². The van der Waals surface area contributed by atoms with E-state index in [0.717, 1.165) is 17.1 Å². The monoisotopic (exact) mass is 262 g/mol. The molecule has 0 aliphatic carbocycles. The Bertz CT molecular complexity index is 499. The van der Waals surface area contributed by atoms with Gasteiger partial charge >= 0.3 is 0 Å². The number of methoxy groups -OCH3 is 2. The summed E-state index contributed by atoms with van der Waals surface area (Å²) in [5.41, 5.74) is 6.73. The Morgan fingerprint density at radius 3 is 2.84 bits per heavy atom. The summed E-state index contributed by atoms with van der Waals surface area (Å²) in [7, 11) is 3.21. The standard InChI is InChI=1S/C14H18N2O3/c1-18-11-4-3-9(13(7-11)19-2)5-10-6-14(15)16-8-12(10)17/h3-4,7-8,10,14H,5-6,15H2,1-2H3. The number of ketones is 1. The van der Waals surface area contributed by atoms with Crippen molar-refractivity contribution in [2.24, 2.45) is 16.6 Å². The Hall–Kier alpha value is -1.88. The molecule has 0 saturated heterocycles. The average molecular weight is 262 g/mol. The highest BCUT2D eigenvalue weighted by Crippen LogP contribution is 2.28. The maximum absolute atomic E-state index is 11.8. The topological polar surface area (TPSA) is 73.9 Å². The SMILES string of the molecule is COc1ccc(CC2CC(N)N=CC2=O)c(OC)c1. The molecule has 1 aromatic carbocycles. The fourth-order valence-electron chi connectivity index (χ4n) is 2.21. The van der Waals surface area contributed by atoms with Crippen LogP contribution in [0, 0.1) is 5.92 Å². The number of carbonyl (C=O) groups is 1. The van der Waals surface area contributed by atoms with E-state index in [2.05, 4.69) is 4.99 Å². The zero-order valence-electron chi connectivity index (χ0n) is 11.1. The first-order chi connectivity index (χ1) is 9.13. The Kier molecular flexibility index (Phi) is 4.16. The van der Waals surface area contributed by atoms with Crippen LogP contribution in [0.25, 0.3) is 0 Å². The second-order valence-electron chi connectivity index (χ2n) is 4.56. The molecule has 1 aliphatic rings. The number of benzene rings is 1. The van der Waals surface area contributed by atoms with Crippen molar-refractivity contribution in [3.8, 4) is 11.5 Å². The van der Waals surface area contributed by atoms with E-state index in [1.165, 1.54) is 6.21 Å². The number of ether oxygens (including phenoxy) is 2. The summed E-state index contributed by atoms with van der Waals surface area (Å²) in [5, 5.41) is 0. The fourth-order valence-corrected chi connectivity index (χ4v) is 2.21. The molecule has 1 heterocycles. The molecule has 5 nitrogen and oxygen atoms in total. The number of hydrogen-bond donors (Lipinski definition) is 1. The molecule has 0 spiro atoms. The van der Waals surface area contributed by atoms with Gasteiger partial charge in [0.2, 0.25) is 0 Å². The zero-order valence-corrected chi connectivity index (χ0v) is 11.1. The third kappa shape index (κ3) is 3.12. The van der Waals surface area contributed by atoms with E-state index in [0.29, 0.717) is 12.8 Å². The van der Waals surface area contributed by atoms with E-state index in [1.807, 2.05) is 18.2 Å². The van der Waals surface area contributed by atoms with E-state index in [1.54, 1.807) is 14.2 Å². The predicted octanol–water partition coefficient (Wildman–Crippen LogP) is 1.19. The van der Waals surface area contributed by atoms with Gasteiger partial charge < -0.3 is 15.2 Å². The van der Waals surface area contributed by atoms with Gasteiger partial charge in [-0.25, -0.2) is 0 Å². The fraction of sp³-hybridized carbons (Fsp3) is 0.429. The molecule has 0 amide bonds. The van der Waals surface area contributed by atoms with Crippen LogP contribution < -0.4 is 15.2 Å². The molecule has 0 saturated carbocycles. The molecule has 0 radical (unpaired) electrons. The van der Waals surface area contributed by atoms with Crippen molar-refractivity contribution >= 4 is 12.0 Å². The molecule has 2 rings (SSSR count). The van der Waals surface area contributed by atoms with Crippen molar-refractivity contribution in [1.82, 2.24) is 0 Å². The van der Waals surface area contributed by atoms with E-state index in [-0.39, 0.29) is 17.9 Å². The van der Waals surface area contributed by atoms with Crippen LogP contribution in [0.5, 0.6) is 11.5 Å². The minimum atomic E-state index is -0.285. The number of carbonyl (C=O) groups excluding carboxylic acids is 1. The zero-order chi connectivity index (χ0) is 13.8. The maximum Gasteiger partial charge on any atom is 0.176 e. The second kappa shape index (κ2) is 5.84. The number of hydrogen-bond acceptors (Lipinski definition) is 5. The minimum absolute atomic E-state index is 0.0274. The smallest absolute Gasteiger partial charge is 0.176 e. The van der Waals surface area contributed by atoms with Gasteiger partial charge in [0.25, 0.3) is 0 Å². The third-order valence-corrected chi connectivity index (χ3v) is 3.28. The molecule has 2 unspecified atom stereocenters. The lowest BCUT2D eigenvalue weighted by atomic mass is 9.89. The molecular formula is C14H18N2O3. The summed E-state index contributed by atoms with van der Waals surface area (Å²) in [6.07, 6.45) is 2.23. The molecule has 19 heavy (non-hydrogen) atoms. The van der Waals surface area contributed by atoms with Gasteiger partial charge in [0.05, 0.1) is 26.6 Å². The lowest BCUT2D eigenvalue weighted by molar-refractivity contribution is -0.116. The van der Waals surface area contributed by atoms with Crippen molar-refractivity contribution in [3.63, 3.8) is 0 Å².